The van der Waals surface area contributed by atoms with Gasteiger partial charge in [0.15, 0.2) is 0 Å². The standard InChI is InChI=1S/C30H35Cl2N3O5S/c1-6-26(30(37)33-20(2)3)34(18-22-13-14-23(31)17-25(22)32)29(36)19-35(27-16-21(4)12-15-28(27)40-5)41(38,39)24-10-8-7-9-11-24/h7-17,20,26H,6,18-19H2,1-5H3,(H,33,37)/t26-/m1/s1. The summed E-state index contributed by atoms with van der Waals surface area (Å²) in [6.45, 7) is 6.62. The Hall–Kier alpha value is -3.27. The van der Waals surface area contributed by atoms with Crippen LogP contribution in [0.25, 0.3) is 0 Å². The van der Waals surface area contributed by atoms with Gasteiger partial charge in [-0.05, 0) is 74.7 Å². The third kappa shape index (κ3) is 7.93. The fourth-order valence-corrected chi connectivity index (χ4v) is 6.27. The van der Waals surface area contributed by atoms with Crippen molar-refractivity contribution >= 4 is 50.7 Å². The van der Waals surface area contributed by atoms with Crippen molar-refractivity contribution in [1.82, 2.24) is 10.2 Å². The number of carbonyl (C=O) groups is 2. The van der Waals surface area contributed by atoms with E-state index in [0.29, 0.717) is 15.6 Å². The Labute approximate surface area is 252 Å². The van der Waals surface area contributed by atoms with E-state index in [2.05, 4.69) is 5.32 Å². The first kappa shape index (κ1) is 32.2. The molecule has 3 rings (SSSR count). The summed E-state index contributed by atoms with van der Waals surface area (Å²) in [5.74, 6) is -0.670. The molecule has 0 saturated carbocycles. The van der Waals surface area contributed by atoms with Crippen molar-refractivity contribution in [3.63, 3.8) is 0 Å². The largest absolute Gasteiger partial charge is 0.495 e. The van der Waals surface area contributed by atoms with Crippen LogP contribution in [0.2, 0.25) is 10.0 Å². The molecule has 0 aliphatic heterocycles. The molecular formula is C30H35Cl2N3O5S. The third-order valence-corrected chi connectivity index (χ3v) is 8.75. The summed E-state index contributed by atoms with van der Waals surface area (Å²) in [4.78, 5) is 28.8. The Balaban J connectivity index is 2.14. The summed E-state index contributed by atoms with van der Waals surface area (Å²) in [7, 11) is -2.80. The quantitative estimate of drug-likeness (QED) is 0.275. The molecule has 0 unspecified atom stereocenters. The van der Waals surface area contributed by atoms with Crippen molar-refractivity contribution in [2.45, 2.75) is 57.6 Å². The van der Waals surface area contributed by atoms with Crippen LogP contribution in [0.15, 0.2) is 71.6 Å². The van der Waals surface area contributed by atoms with E-state index in [4.69, 9.17) is 27.9 Å². The van der Waals surface area contributed by atoms with Crippen LogP contribution in [0.3, 0.4) is 0 Å². The summed E-state index contributed by atoms with van der Waals surface area (Å²) >= 11 is 12.5. The molecule has 1 atom stereocenters. The van der Waals surface area contributed by atoms with Gasteiger partial charge in [0.25, 0.3) is 10.0 Å². The third-order valence-electron chi connectivity index (χ3n) is 6.39. The number of benzene rings is 3. The smallest absolute Gasteiger partial charge is 0.264 e. The minimum atomic E-state index is -4.23. The molecule has 0 radical (unpaired) electrons. The summed E-state index contributed by atoms with van der Waals surface area (Å²) in [6.07, 6.45) is 0.286. The number of hydrogen-bond donors (Lipinski definition) is 1. The van der Waals surface area contributed by atoms with Crippen molar-refractivity contribution in [3.8, 4) is 5.75 Å². The van der Waals surface area contributed by atoms with Gasteiger partial charge < -0.3 is 15.0 Å². The van der Waals surface area contributed by atoms with Crippen molar-refractivity contribution in [2.24, 2.45) is 0 Å². The van der Waals surface area contributed by atoms with Crippen LogP contribution >= 0.6 is 23.2 Å². The van der Waals surface area contributed by atoms with Gasteiger partial charge >= 0.3 is 0 Å². The number of hydrogen-bond acceptors (Lipinski definition) is 5. The fourth-order valence-electron chi connectivity index (χ4n) is 4.36. The van der Waals surface area contributed by atoms with Crippen LogP contribution in [-0.2, 0) is 26.2 Å². The highest BCUT2D eigenvalue weighted by Gasteiger charge is 2.35. The minimum Gasteiger partial charge on any atom is -0.495 e. The Bertz CT molecular complexity index is 1480. The van der Waals surface area contributed by atoms with Gasteiger partial charge in [-0.25, -0.2) is 8.42 Å². The number of amides is 2. The SMILES string of the molecule is CC[C@H](C(=O)NC(C)C)N(Cc1ccc(Cl)cc1Cl)C(=O)CN(c1cc(C)ccc1OC)S(=O)(=O)c1ccccc1. The maximum atomic E-state index is 14.2. The highest BCUT2D eigenvalue weighted by atomic mass is 35.5. The van der Waals surface area contributed by atoms with Crippen LogP contribution in [0.1, 0.15) is 38.3 Å². The zero-order valence-corrected chi connectivity index (χ0v) is 26.1. The number of anilines is 1. The number of methoxy groups -OCH3 is 1. The Kier molecular flexibility index (Phi) is 11.1. The second kappa shape index (κ2) is 14.1. The topological polar surface area (TPSA) is 96.0 Å². The van der Waals surface area contributed by atoms with E-state index in [9.17, 15) is 18.0 Å². The van der Waals surface area contributed by atoms with Crippen molar-refractivity contribution < 1.29 is 22.7 Å². The second-order valence-electron chi connectivity index (χ2n) is 9.84. The van der Waals surface area contributed by atoms with E-state index in [-0.39, 0.29) is 41.2 Å². The van der Waals surface area contributed by atoms with Crippen molar-refractivity contribution in [2.75, 3.05) is 18.0 Å². The van der Waals surface area contributed by atoms with Crippen LogP contribution in [-0.4, -0.2) is 50.9 Å². The monoisotopic (exact) mass is 619 g/mol. The lowest BCUT2D eigenvalue weighted by atomic mass is 10.1. The molecule has 8 nitrogen and oxygen atoms in total. The lowest BCUT2D eigenvalue weighted by Gasteiger charge is -2.34. The molecule has 1 N–H and O–H groups in total. The summed E-state index contributed by atoms with van der Waals surface area (Å²) in [5.41, 5.74) is 1.54. The van der Waals surface area contributed by atoms with Crippen LogP contribution in [0.4, 0.5) is 5.69 Å². The first-order chi connectivity index (χ1) is 19.4. The number of nitrogens with one attached hydrogen (secondary N) is 1. The lowest BCUT2D eigenvalue weighted by molar-refractivity contribution is -0.140. The normalized spacial score (nSPS) is 12.1. The average molecular weight is 621 g/mol. The van der Waals surface area contributed by atoms with Gasteiger partial charge in [-0.1, -0.05) is 60.5 Å². The number of halogens is 2. The van der Waals surface area contributed by atoms with Gasteiger partial charge in [0.05, 0.1) is 17.7 Å². The molecule has 41 heavy (non-hydrogen) atoms. The summed E-state index contributed by atoms with van der Waals surface area (Å²) in [5, 5.41) is 3.61. The van der Waals surface area contributed by atoms with Crippen molar-refractivity contribution in [3.05, 3.63) is 87.9 Å². The molecule has 220 valence electrons. The molecule has 11 heteroatoms. The molecule has 0 heterocycles. The number of ether oxygens (including phenoxy) is 1. The zero-order chi connectivity index (χ0) is 30.3. The Morgan fingerprint density at radius 2 is 1.68 bits per heavy atom. The molecule has 2 amide bonds. The molecule has 3 aromatic carbocycles. The van der Waals surface area contributed by atoms with Gasteiger partial charge in [-0.2, -0.15) is 0 Å². The molecule has 0 aliphatic carbocycles. The molecule has 0 aliphatic rings. The Morgan fingerprint density at radius 1 is 1.00 bits per heavy atom. The number of aryl methyl sites for hydroxylation is 1. The number of nitrogens with zero attached hydrogens (tertiary/aromatic N) is 2. The zero-order valence-electron chi connectivity index (χ0n) is 23.7. The maximum absolute atomic E-state index is 14.2. The van der Waals surface area contributed by atoms with Crippen molar-refractivity contribution in [1.29, 1.82) is 0 Å². The second-order valence-corrected chi connectivity index (χ2v) is 12.6. The number of sulfonamides is 1. The molecule has 0 saturated heterocycles. The van der Waals surface area contributed by atoms with Gasteiger partial charge in [0.1, 0.15) is 18.3 Å². The summed E-state index contributed by atoms with van der Waals surface area (Å²) in [6, 6.07) is 16.8. The molecule has 0 bridgehead atoms. The fraction of sp³-hybridized carbons (Fsp3) is 0.333. The van der Waals surface area contributed by atoms with E-state index in [1.54, 1.807) is 61.5 Å². The Morgan fingerprint density at radius 3 is 2.27 bits per heavy atom. The number of carbonyl (C=O) groups excluding carboxylic acids is 2. The molecule has 0 spiro atoms. The predicted molar refractivity (Wildman–Crippen MR) is 163 cm³/mol. The van der Waals surface area contributed by atoms with E-state index >= 15 is 0 Å². The van der Waals surface area contributed by atoms with Crippen LogP contribution in [0, 0.1) is 6.92 Å². The van der Waals surface area contributed by atoms with E-state index in [1.807, 2.05) is 20.8 Å². The van der Waals surface area contributed by atoms with Gasteiger partial charge in [-0.3, -0.25) is 13.9 Å². The van der Waals surface area contributed by atoms with E-state index in [0.717, 1.165) is 9.87 Å². The molecule has 0 aromatic heterocycles. The first-order valence-corrected chi connectivity index (χ1v) is 15.3. The highest BCUT2D eigenvalue weighted by Crippen LogP contribution is 2.34. The minimum absolute atomic E-state index is 0.00764. The molecule has 0 fully saturated rings. The van der Waals surface area contributed by atoms with Gasteiger partial charge in [0, 0.05) is 22.6 Å². The number of rotatable bonds is 12. The van der Waals surface area contributed by atoms with Gasteiger partial charge in [-0.15, -0.1) is 0 Å². The molecule has 3 aromatic rings. The molecular weight excluding hydrogens is 585 g/mol. The summed E-state index contributed by atoms with van der Waals surface area (Å²) < 4.78 is 34.6. The first-order valence-electron chi connectivity index (χ1n) is 13.1. The van der Waals surface area contributed by atoms with E-state index in [1.165, 1.54) is 24.1 Å². The predicted octanol–water partition coefficient (Wildman–Crippen LogP) is 5.84. The van der Waals surface area contributed by atoms with E-state index < -0.39 is 28.5 Å². The van der Waals surface area contributed by atoms with Gasteiger partial charge in [0.2, 0.25) is 11.8 Å². The van der Waals surface area contributed by atoms with Crippen LogP contribution < -0.4 is 14.4 Å². The average Bonchev–Trinajstić information content (AvgIpc) is 2.92. The maximum Gasteiger partial charge on any atom is 0.264 e. The van der Waals surface area contributed by atoms with Crippen LogP contribution in [0.5, 0.6) is 5.75 Å². The highest BCUT2D eigenvalue weighted by molar-refractivity contribution is 7.92. The lowest BCUT2D eigenvalue weighted by Crippen LogP contribution is -2.53.